The van der Waals surface area contributed by atoms with Gasteiger partial charge >= 0.3 is 7.12 Å². The molecule has 0 spiro atoms. The van der Waals surface area contributed by atoms with Crippen molar-refractivity contribution in [3.05, 3.63) is 87.1 Å². The average molecular weight is 637 g/mol. The van der Waals surface area contributed by atoms with Crippen molar-refractivity contribution in [1.29, 1.82) is 0 Å². The summed E-state index contributed by atoms with van der Waals surface area (Å²) in [5.74, 6) is 0. The Balaban J connectivity index is 0.000000128. The number of halogens is 1. The van der Waals surface area contributed by atoms with Crippen LogP contribution in [0.1, 0.15) is 27.7 Å². The molecule has 0 aliphatic carbocycles. The van der Waals surface area contributed by atoms with Gasteiger partial charge in [-0.3, -0.25) is 19.0 Å². The number of nitrogens with zero attached hydrogens (tertiary/aromatic N) is 8. The van der Waals surface area contributed by atoms with E-state index in [1.807, 2.05) is 60.4 Å². The first kappa shape index (κ1) is 29.2. The van der Waals surface area contributed by atoms with Crippen LogP contribution in [0, 0.1) is 0 Å². The van der Waals surface area contributed by atoms with Crippen molar-refractivity contribution in [1.82, 2.24) is 48.8 Å². The Kier molecular flexibility index (Phi) is 7.79. The highest BCUT2D eigenvalue weighted by molar-refractivity contribution is 9.10. The van der Waals surface area contributed by atoms with Gasteiger partial charge in [0, 0.05) is 66.1 Å². The van der Waals surface area contributed by atoms with Gasteiger partial charge < -0.3 is 19.3 Å². The van der Waals surface area contributed by atoms with E-state index in [1.54, 1.807) is 44.6 Å². The van der Waals surface area contributed by atoms with Gasteiger partial charge in [-0.25, -0.2) is 9.03 Å². The summed E-state index contributed by atoms with van der Waals surface area (Å²) in [4.78, 5) is 27.6. The Morgan fingerprint density at radius 3 is 1.79 bits per heavy atom. The summed E-state index contributed by atoms with van der Waals surface area (Å²) < 4.78 is 19.2. The van der Waals surface area contributed by atoms with Gasteiger partial charge in [-0.15, -0.1) is 0 Å². The van der Waals surface area contributed by atoms with Gasteiger partial charge in [-0.2, -0.15) is 20.4 Å². The molecule has 16 heteroatoms. The molecular formula is C26H30BBrN10O4. The highest BCUT2D eigenvalue weighted by atomic mass is 79.9. The van der Waals surface area contributed by atoms with E-state index in [4.69, 9.17) is 9.31 Å². The number of hydrogen-bond donors (Lipinski definition) is 2. The van der Waals surface area contributed by atoms with E-state index in [-0.39, 0.29) is 29.4 Å². The Morgan fingerprint density at radius 2 is 1.29 bits per heavy atom. The van der Waals surface area contributed by atoms with Crippen LogP contribution < -0.4 is 16.6 Å². The predicted molar refractivity (Wildman–Crippen MR) is 160 cm³/mol. The van der Waals surface area contributed by atoms with E-state index in [2.05, 4.69) is 46.3 Å². The van der Waals surface area contributed by atoms with Gasteiger partial charge in [0.15, 0.2) is 0 Å². The first-order valence-electron chi connectivity index (χ1n) is 12.9. The second-order valence-corrected chi connectivity index (χ2v) is 11.6. The van der Waals surface area contributed by atoms with E-state index >= 15 is 0 Å². The number of hydrogen-bond acceptors (Lipinski definition) is 8. The fourth-order valence-electron chi connectivity index (χ4n) is 4.12. The highest BCUT2D eigenvalue weighted by Crippen LogP contribution is 2.36. The number of aromatic amines is 2. The lowest BCUT2D eigenvalue weighted by Crippen LogP contribution is -2.41. The molecule has 7 heterocycles. The average Bonchev–Trinajstić information content (AvgIpc) is 3.72. The Labute approximate surface area is 248 Å². The molecule has 6 aromatic heterocycles. The van der Waals surface area contributed by atoms with Gasteiger partial charge in [0.25, 0.3) is 11.1 Å². The molecule has 1 fully saturated rings. The van der Waals surface area contributed by atoms with Gasteiger partial charge in [-0.05, 0) is 55.8 Å². The zero-order chi connectivity index (χ0) is 30.2. The van der Waals surface area contributed by atoms with Crippen molar-refractivity contribution in [2.24, 2.45) is 14.1 Å². The van der Waals surface area contributed by atoms with Crippen molar-refractivity contribution in [2.75, 3.05) is 0 Å². The van der Waals surface area contributed by atoms with Crippen LogP contribution in [0.15, 0.2) is 76.0 Å². The Hall–Kier alpha value is -4.28. The standard InChI is InChI=1S/C10H17BN2O2.C10H9N5O.C6H4BrN3O/c1-9(2)10(3,4)15-11(14-9)8-6-12-13(5)7-8;1-14-4-8(3-12-14)7-2-9-10(16)11-6-13-15(9)5-7;7-4-1-5-6(11)8-3-9-10(5)2-4/h6-7H,1-5H3;2-6H,1H3,(H,11,13,16);1-3H,(H,8,9,11). The minimum atomic E-state index is -0.302. The molecule has 14 nitrogen and oxygen atoms in total. The summed E-state index contributed by atoms with van der Waals surface area (Å²) in [6, 6.07) is 3.51. The normalized spacial score (nSPS) is 15.4. The number of rotatable bonds is 2. The van der Waals surface area contributed by atoms with Crippen LogP contribution in [0.25, 0.3) is 22.2 Å². The molecular weight excluding hydrogens is 607 g/mol. The van der Waals surface area contributed by atoms with Crippen LogP contribution >= 0.6 is 15.9 Å². The molecule has 218 valence electrons. The fraction of sp³-hybridized carbons (Fsp3) is 0.308. The van der Waals surface area contributed by atoms with Crippen molar-refractivity contribution in [3.8, 4) is 11.1 Å². The van der Waals surface area contributed by atoms with E-state index < -0.39 is 0 Å². The third-order valence-corrected chi connectivity index (χ3v) is 7.51. The largest absolute Gasteiger partial charge is 0.498 e. The summed E-state index contributed by atoms with van der Waals surface area (Å²) in [5, 5.41) is 16.1. The van der Waals surface area contributed by atoms with Gasteiger partial charge in [0.2, 0.25) is 0 Å². The lowest BCUT2D eigenvalue weighted by atomic mass is 9.82. The van der Waals surface area contributed by atoms with Crippen LogP contribution in [0.3, 0.4) is 0 Å². The molecule has 1 aliphatic heterocycles. The number of aryl methyl sites for hydroxylation is 2. The molecule has 0 radical (unpaired) electrons. The third-order valence-electron chi connectivity index (χ3n) is 7.08. The number of aromatic nitrogens is 10. The van der Waals surface area contributed by atoms with Crippen molar-refractivity contribution >= 4 is 39.5 Å². The zero-order valence-corrected chi connectivity index (χ0v) is 25.5. The SMILES string of the molecule is Cn1cc(-c2cc3c(=O)[nH]cnn3c2)cn1.Cn1cc(B2OC(C)(C)C(C)(C)O2)cn1.O=c1[nH]cnn2cc(Br)cc12. The maximum Gasteiger partial charge on any atom is 0.498 e. The summed E-state index contributed by atoms with van der Waals surface area (Å²) >= 11 is 3.25. The van der Waals surface area contributed by atoms with Crippen molar-refractivity contribution in [2.45, 2.75) is 38.9 Å². The molecule has 1 aliphatic rings. The molecule has 2 N–H and O–H groups in total. The van der Waals surface area contributed by atoms with Crippen LogP contribution in [-0.2, 0) is 23.4 Å². The number of nitrogens with one attached hydrogen (secondary N) is 2. The zero-order valence-electron chi connectivity index (χ0n) is 23.9. The number of fused-ring (bicyclic) bond motifs is 2. The first-order valence-corrected chi connectivity index (χ1v) is 13.7. The van der Waals surface area contributed by atoms with Crippen LogP contribution in [0.4, 0.5) is 0 Å². The molecule has 0 bridgehead atoms. The molecule has 7 rings (SSSR count). The molecule has 0 amide bonds. The summed E-state index contributed by atoms with van der Waals surface area (Å²) in [7, 11) is 3.43. The van der Waals surface area contributed by atoms with Crippen molar-refractivity contribution in [3.63, 3.8) is 0 Å². The van der Waals surface area contributed by atoms with E-state index in [0.29, 0.717) is 11.0 Å². The molecule has 0 unspecified atom stereocenters. The molecule has 0 atom stereocenters. The van der Waals surface area contributed by atoms with Gasteiger partial charge in [0.1, 0.15) is 23.7 Å². The summed E-state index contributed by atoms with van der Waals surface area (Å²) in [6.07, 6.45) is 13.6. The van der Waals surface area contributed by atoms with E-state index in [0.717, 1.165) is 21.1 Å². The first-order chi connectivity index (χ1) is 19.8. The second-order valence-electron chi connectivity index (χ2n) is 10.7. The topological polar surface area (TPSA) is 154 Å². The monoisotopic (exact) mass is 636 g/mol. The van der Waals surface area contributed by atoms with Gasteiger partial charge in [0.05, 0.1) is 17.4 Å². The van der Waals surface area contributed by atoms with E-state index in [9.17, 15) is 9.59 Å². The summed E-state index contributed by atoms with van der Waals surface area (Å²) in [6.45, 7) is 8.18. The predicted octanol–water partition coefficient (Wildman–Crippen LogP) is 1.93. The lowest BCUT2D eigenvalue weighted by molar-refractivity contribution is 0.00578. The van der Waals surface area contributed by atoms with Crippen molar-refractivity contribution < 1.29 is 9.31 Å². The molecule has 1 saturated heterocycles. The third kappa shape index (κ3) is 6.00. The van der Waals surface area contributed by atoms with Crippen LogP contribution in [-0.4, -0.2) is 67.1 Å². The second kappa shape index (κ2) is 11.2. The number of H-pyrrole nitrogens is 2. The van der Waals surface area contributed by atoms with E-state index in [1.165, 1.54) is 17.2 Å². The molecule has 0 aromatic carbocycles. The minimum absolute atomic E-state index is 0.134. The maximum absolute atomic E-state index is 11.5. The lowest BCUT2D eigenvalue weighted by Gasteiger charge is -2.32. The minimum Gasteiger partial charge on any atom is -0.399 e. The fourth-order valence-corrected chi connectivity index (χ4v) is 4.53. The summed E-state index contributed by atoms with van der Waals surface area (Å²) in [5.41, 5.74) is 3.08. The Morgan fingerprint density at radius 1 is 0.738 bits per heavy atom. The maximum atomic E-state index is 11.5. The highest BCUT2D eigenvalue weighted by Gasteiger charge is 2.52. The molecule has 42 heavy (non-hydrogen) atoms. The smallest absolute Gasteiger partial charge is 0.399 e. The molecule has 0 saturated carbocycles. The van der Waals surface area contributed by atoms with Crippen LogP contribution in [0.5, 0.6) is 0 Å². The quantitative estimate of drug-likeness (QED) is 0.273. The Bertz CT molecular complexity index is 1950. The van der Waals surface area contributed by atoms with Gasteiger partial charge in [-0.1, -0.05) is 0 Å². The molecule has 6 aromatic rings. The van der Waals surface area contributed by atoms with Crippen LogP contribution in [0.2, 0.25) is 0 Å².